The predicted octanol–water partition coefficient (Wildman–Crippen LogP) is 6.61. The first-order chi connectivity index (χ1) is 11.6. The summed E-state index contributed by atoms with van der Waals surface area (Å²) in [4.78, 5) is 0. The van der Waals surface area contributed by atoms with Crippen molar-refractivity contribution in [2.45, 2.75) is 53.1 Å². The van der Waals surface area contributed by atoms with Crippen LogP contribution in [0.15, 0.2) is 46.9 Å². The summed E-state index contributed by atoms with van der Waals surface area (Å²) in [5.74, 6) is 0.794. The second-order valence-electron chi connectivity index (χ2n) is 8.32. The van der Waals surface area contributed by atoms with Crippen molar-refractivity contribution in [2.24, 2.45) is 5.41 Å². The standard InChI is InChI=1S/C22H26BrNO/c1-21(2,3)15-22(4,5)18-10-11-20(19(23)12-18)25-14-17-9-7-6-8-16(17)13-24/h6-12H,14-15H2,1-5H3. The summed E-state index contributed by atoms with van der Waals surface area (Å²) >= 11 is 3.64. The summed E-state index contributed by atoms with van der Waals surface area (Å²) < 4.78 is 6.88. The fourth-order valence-electron chi connectivity index (χ4n) is 3.38. The van der Waals surface area contributed by atoms with Gasteiger partial charge in [0.1, 0.15) is 12.4 Å². The van der Waals surface area contributed by atoms with Crippen LogP contribution in [0.2, 0.25) is 0 Å². The van der Waals surface area contributed by atoms with Gasteiger partial charge in [0.05, 0.1) is 16.1 Å². The Bertz CT molecular complexity index is 781. The van der Waals surface area contributed by atoms with Crippen LogP contribution in [0.25, 0.3) is 0 Å². The Morgan fingerprint density at radius 2 is 1.72 bits per heavy atom. The van der Waals surface area contributed by atoms with Gasteiger partial charge in [-0.05, 0) is 56.9 Å². The number of nitrogens with zero attached hydrogens (tertiary/aromatic N) is 1. The normalized spacial score (nSPS) is 11.9. The molecule has 0 N–H and O–H groups in total. The Kier molecular flexibility index (Phi) is 5.95. The van der Waals surface area contributed by atoms with Crippen LogP contribution < -0.4 is 4.74 Å². The highest BCUT2D eigenvalue weighted by Crippen LogP contribution is 2.39. The van der Waals surface area contributed by atoms with E-state index in [4.69, 9.17) is 4.74 Å². The molecule has 0 heterocycles. The highest BCUT2D eigenvalue weighted by molar-refractivity contribution is 9.10. The molecule has 0 saturated heterocycles. The lowest BCUT2D eigenvalue weighted by Crippen LogP contribution is -2.24. The van der Waals surface area contributed by atoms with Gasteiger partial charge in [0, 0.05) is 5.56 Å². The molecule has 0 aliphatic carbocycles. The molecule has 0 aliphatic heterocycles. The number of ether oxygens (including phenoxy) is 1. The maximum Gasteiger partial charge on any atom is 0.134 e. The molecule has 0 bridgehead atoms. The van der Waals surface area contributed by atoms with E-state index in [1.807, 2.05) is 30.3 Å². The molecule has 0 aliphatic rings. The van der Waals surface area contributed by atoms with E-state index >= 15 is 0 Å². The van der Waals surface area contributed by atoms with Gasteiger partial charge in [0.15, 0.2) is 0 Å². The fraction of sp³-hybridized carbons (Fsp3) is 0.409. The predicted molar refractivity (Wildman–Crippen MR) is 107 cm³/mol. The van der Waals surface area contributed by atoms with Gasteiger partial charge >= 0.3 is 0 Å². The van der Waals surface area contributed by atoms with Crippen LogP contribution in [-0.2, 0) is 12.0 Å². The number of hydrogen-bond acceptors (Lipinski definition) is 2. The molecule has 2 aromatic rings. The maximum absolute atomic E-state index is 9.17. The third-order valence-electron chi connectivity index (χ3n) is 4.21. The van der Waals surface area contributed by atoms with E-state index in [2.05, 4.69) is 68.8 Å². The molecule has 0 spiro atoms. The van der Waals surface area contributed by atoms with Crippen LogP contribution in [-0.4, -0.2) is 0 Å². The first kappa shape index (κ1) is 19.5. The molecule has 0 fully saturated rings. The van der Waals surface area contributed by atoms with Crippen LogP contribution in [0.4, 0.5) is 0 Å². The smallest absolute Gasteiger partial charge is 0.134 e. The molecule has 0 radical (unpaired) electrons. The van der Waals surface area contributed by atoms with Gasteiger partial charge < -0.3 is 4.74 Å². The van der Waals surface area contributed by atoms with Crippen molar-refractivity contribution in [2.75, 3.05) is 0 Å². The van der Waals surface area contributed by atoms with E-state index in [9.17, 15) is 5.26 Å². The molecular weight excluding hydrogens is 374 g/mol. The molecule has 132 valence electrons. The minimum Gasteiger partial charge on any atom is -0.488 e. The molecular formula is C22H26BrNO. The van der Waals surface area contributed by atoms with Crippen LogP contribution in [0.3, 0.4) is 0 Å². The Hall–Kier alpha value is -1.79. The fourth-order valence-corrected chi connectivity index (χ4v) is 3.87. The zero-order valence-corrected chi connectivity index (χ0v) is 17.3. The number of hydrogen-bond donors (Lipinski definition) is 0. The Morgan fingerprint density at radius 3 is 2.32 bits per heavy atom. The van der Waals surface area contributed by atoms with Gasteiger partial charge in [-0.3, -0.25) is 0 Å². The minimum atomic E-state index is 0.0900. The van der Waals surface area contributed by atoms with E-state index < -0.39 is 0 Å². The molecule has 0 atom stereocenters. The minimum absolute atomic E-state index is 0.0900. The Balaban J connectivity index is 2.16. The summed E-state index contributed by atoms with van der Waals surface area (Å²) in [6.07, 6.45) is 1.10. The number of nitriles is 1. The molecule has 25 heavy (non-hydrogen) atoms. The van der Waals surface area contributed by atoms with Crippen molar-refractivity contribution < 1.29 is 4.74 Å². The van der Waals surface area contributed by atoms with Gasteiger partial charge in [-0.2, -0.15) is 5.26 Å². The number of benzene rings is 2. The maximum atomic E-state index is 9.17. The summed E-state index contributed by atoms with van der Waals surface area (Å²) in [7, 11) is 0. The van der Waals surface area contributed by atoms with E-state index in [1.54, 1.807) is 0 Å². The topological polar surface area (TPSA) is 33.0 Å². The van der Waals surface area contributed by atoms with Crippen LogP contribution in [0.1, 0.15) is 57.7 Å². The SMILES string of the molecule is CC(C)(C)CC(C)(C)c1ccc(OCc2ccccc2C#N)c(Br)c1. The summed E-state index contributed by atoms with van der Waals surface area (Å²) in [5, 5.41) is 9.17. The third kappa shape index (κ3) is 5.34. The first-order valence-corrected chi connectivity index (χ1v) is 9.32. The molecule has 0 aromatic heterocycles. The van der Waals surface area contributed by atoms with Crippen molar-refractivity contribution in [1.82, 2.24) is 0 Å². The lowest BCUT2D eigenvalue weighted by Gasteiger charge is -2.33. The van der Waals surface area contributed by atoms with Gasteiger partial charge in [-0.1, -0.05) is 58.9 Å². The molecule has 3 heteroatoms. The Morgan fingerprint density at radius 1 is 1.04 bits per heavy atom. The molecule has 2 nitrogen and oxygen atoms in total. The molecule has 0 saturated carbocycles. The molecule has 2 rings (SSSR count). The van der Waals surface area contributed by atoms with Crippen molar-refractivity contribution in [3.05, 3.63) is 63.6 Å². The second-order valence-corrected chi connectivity index (χ2v) is 9.18. The van der Waals surface area contributed by atoms with E-state index in [0.717, 1.165) is 22.2 Å². The number of halogens is 1. The van der Waals surface area contributed by atoms with Gasteiger partial charge in [0.25, 0.3) is 0 Å². The van der Waals surface area contributed by atoms with Crippen molar-refractivity contribution >= 4 is 15.9 Å². The highest BCUT2D eigenvalue weighted by Gasteiger charge is 2.27. The average Bonchev–Trinajstić information content (AvgIpc) is 2.51. The molecule has 0 unspecified atom stereocenters. The second kappa shape index (κ2) is 7.62. The highest BCUT2D eigenvalue weighted by atomic mass is 79.9. The summed E-state index contributed by atoms with van der Waals surface area (Å²) in [5.41, 5.74) is 3.20. The monoisotopic (exact) mass is 399 g/mol. The summed E-state index contributed by atoms with van der Waals surface area (Å²) in [6, 6.07) is 16.0. The van der Waals surface area contributed by atoms with E-state index in [0.29, 0.717) is 12.2 Å². The van der Waals surface area contributed by atoms with Gasteiger partial charge in [-0.15, -0.1) is 0 Å². The van der Waals surface area contributed by atoms with Crippen molar-refractivity contribution in [1.29, 1.82) is 5.26 Å². The first-order valence-electron chi connectivity index (χ1n) is 8.53. The lowest BCUT2D eigenvalue weighted by molar-refractivity contribution is 0.283. The van der Waals surface area contributed by atoms with Gasteiger partial charge in [0.2, 0.25) is 0 Å². The van der Waals surface area contributed by atoms with E-state index in [-0.39, 0.29) is 10.8 Å². The average molecular weight is 400 g/mol. The summed E-state index contributed by atoms with van der Waals surface area (Å²) in [6.45, 7) is 11.8. The largest absolute Gasteiger partial charge is 0.488 e. The van der Waals surface area contributed by atoms with Crippen molar-refractivity contribution in [3.8, 4) is 11.8 Å². The van der Waals surface area contributed by atoms with Crippen LogP contribution in [0.5, 0.6) is 5.75 Å². The Labute approximate surface area is 160 Å². The lowest BCUT2D eigenvalue weighted by atomic mass is 9.72. The quantitative estimate of drug-likeness (QED) is 0.566. The van der Waals surface area contributed by atoms with E-state index in [1.165, 1.54) is 5.56 Å². The zero-order chi connectivity index (χ0) is 18.7. The van der Waals surface area contributed by atoms with Crippen LogP contribution in [0, 0.1) is 16.7 Å². The van der Waals surface area contributed by atoms with Gasteiger partial charge in [-0.25, -0.2) is 0 Å². The number of rotatable bonds is 5. The van der Waals surface area contributed by atoms with Crippen LogP contribution >= 0.6 is 15.9 Å². The third-order valence-corrected chi connectivity index (χ3v) is 4.83. The molecule has 0 amide bonds. The zero-order valence-electron chi connectivity index (χ0n) is 15.7. The molecule has 2 aromatic carbocycles. The van der Waals surface area contributed by atoms with Crippen molar-refractivity contribution in [3.63, 3.8) is 0 Å².